The van der Waals surface area contributed by atoms with E-state index in [1.54, 1.807) is 0 Å². The van der Waals surface area contributed by atoms with Gasteiger partial charge in [0.05, 0.1) is 0 Å². The minimum atomic E-state index is 0.283. The Hall–Kier alpha value is -0.410. The minimum absolute atomic E-state index is 0.283. The number of carbonyl (C=O) groups is 1. The van der Waals surface area contributed by atoms with Gasteiger partial charge in [0.25, 0.3) is 0 Å². The van der Waals surface area contributed by atoms with Crippen molar-refractivity contribution in [3.8, 4) is 0 Å². The van der Waals surface area contributed by atoms with Crippen LogP contribution in [0.1, 0.15) is 39.5 Å². The van der Waals surface area contributed by atoms with Gasteiger partial charge in [0.2, 0.25) is 0 Å². The standard InChI is InChI=1S/C13H26N2O/c1-12(2)11-15-9-7-13(12,5-4-10-16)6-8-14-3/h10,14-15H,4-9,11H2,1-3H3. The summed E-state index contributed by atoms with van der Waals surface area (Å²) in [5.74, 6) is 0. The van der Waals surface area contributed by atoms with E-state index in [0.717, 1.165) is 32.3 Å². The Labute approximate surface area is 99.4 Å². The van der Waals surface area contributed by atoms with Crippen molar-refractivity contribution < 1.29 is 4.79 Å². The highest BCUT2D eigenvalue weighted by molar-refractivity contribution is 5.49. The van der Waals surface area contributed by atoms with Gasteiger partial charge < -0.3 is 15.4 Å². The highest BCUT2D eigenvalue weighted by Crippen LogP contribution is 2.49. The second-order valence-electron chi connectivity index (χ2n) is 5.65. The third-order valence-electron chi connectivity index (χ3n) is 4.38. The molecule has 0 aliphatic carbocycles. The summed E-state index contributed by atoms with van der Waals surface area (Å²) in [6.45, 7) is 7.86. The van der Waals surface area contributed by atoms with Gasteiger partial charge in [-0.15, -0.1) is 0 Å². The lowest BCUT2D eigenvalue weighted by atomic mass is 9.58. The van der Waals surface area contributed by atoms with E-state index in [4.69, 9.17) is 0 Å². The van der Waals surface area contributed by atoms with E-state index < -0.39 is 0 Å². The lowest BCUT2D eigenvalue weighted by Crippen LogP contribution is -2.52. The molecule has 1 fully saturated rings. The van der Waals surface area contributed by atoms with Crippen molar-refractivity contribution >= 4 is 6.29 Å². The zero-order chi connectivity index (χ0) is 12.1. The molecule has 1 aliphatic rings. The smallest absolute Gasteiger partial charge is 0.120 e. The molecule has 0 saturated carbocycles. The van der Waals surface area contributed by atoms with Gasteiger partial charge in [-0.3, -0.25) is 0 Å². The van der Waals surface area contributed by atoms with E-state index in [2.05, 4.69) is 24.5 Å². The Morgan fingerprint density at radius 3 is 2.69 bits per heavy atom. The summed E-state index contributed by atoms with van der Waals surface area (Å²) in [7, 11) is 2.00. The average Bonchev–Trinajstić information content (AvgIpc) is 2.26. The minimum Gasteiger partial charge on any atom is -0.320 e. The summed E-state index contributed by atoms with van der Waals surface area (Å²) < 4.78 is 0. The predicted octanol–water partition coefficient (Wildman–Crippen LogP) is 1.58. The first-order chi connectivity index (χ1) is 7.58. The molecule has 0 aromatic rings. The molecule has 0 radical (unpaired) electrons. The molecule has 2 N–H and O–H groups in total. The summed E-state index contributed by atoms with van der Waals surface area (Å²) in [5.41, 5.74) is 0.604. The first kappa shape index (κ1) is 13.7. The van der Waals surface area contributed by atoms with E-state index in [1.165, 1.54) is 12.8 Å². The zero-order valence-electron chi connectivity index (χ0n) is 10.9. The maximum atomic E-state index is 10.6. The third kappa shape index (κ3) is 2.83. The predicted molar refractivity (Wildman–Crippen MR) is 67.5 cm³/mol. The normalized spacial score (nSPS) is 28.9. The molecular weight excluding hydrogens is 200 g/mol. The molecule has 3 nitrogen and oxygen atoms in total. The van der Waals surface area contributed by atoms with Crippen molar-refractivity contribution in [3.63, 3.8) is 0 Å². The number of aldehydes is 1. The number of piperidine rings is 1. The summed E-state index contributed by atoms with van der Waals surface area (Å²) in [6, 6.07) is 0. The van der Waals surface area contributed by atoms with Crippen LogP contribution in [0.15, 0.2) is 0 Å². The van der Waals surface area contributed by atoms with Gasteiger partial charge in [-0.2, -0.15) is 0 Å². The van der Waals surface area contributed by atoms with Crippen LogP contribution in [-0.2, 0) is 4.79 Å². The second-order valence-corrected chi connectivity index (χ2v) is 5.65. The van der Waals surface area contributed by atoms with Crippen LogP contribution in [-0.4, -0.2) is 33.0 Å². The van der Waals surface area contributed by atoms with E-state index in [0.29, 0.717) is 11.8 Å². The third-order valence-corrected chi connectivity index (χ3v) is 4.38. The van der Waals surface area contributed by atoms with E-state index in [1.807, 2.05) is 7.05 Å². The van der Waals surface area contributed by atoms with Crippen LogP contribution < -0.4 is 10.6 Å². The van der Waals surface area contributed by atoms with Gasteiger partial charge in [0, 0.05) is 13.0 Å². The monoisotopic (exact) mass is 226 g/mol. The van der Waals surface area contributed by atoms with Gasteiger partial charge in [0.1, 0.15) is 6.29 Å². The van der Waals surface area contributed by atoms with Crippen molar-refractivity contribution in [1.29, 1.82) is 0 Å². The van der Waals surface area contributed by atoms with Crippen LogP contribution in [0.2, 0.25) is 0 Å². The number of hydrogen-bond acceptors (Lipinski definition) is 3. The second kappa shape index (κ2) is 5.78. The molecule has 94 valence electrons. The van der Waals surface area contributed by atoms with Gasteiger partial charge >= 0.3 is 0 Å². The number of carbonyl (C=O) groups excluding carboxylic acids is 1. The molecule has 0 bridgehead atoms. The average molecular weight is 226 g/mol. The largest absolute Gasteiger partial charge is 0.320 e. The topological polar surface area (TPSA) is 41.1 Å². The van der Waals surface area contributed by atoms with Gasteiger partial charge in [-0.05, 0) is 50.2 Å². The van der Waals surface area contributed by atoms with Gasteiger partial charge in [-0.25, -0.2) is 0 Å². The van der Waals surface area contributed by atoms with Crippen molar-refractivity contribution in [2.24, 2.45) is 10.8 Å². The van der Waals surface area contributed by atoms with E-state index in [9.17, 15) is 4.79 Å². The fraction of sp³-hybridized carbons (Fsp3) is 0.923. The molecular formula is C13H26N2O. The van der Waals surface area contributed by atoms with Crippen LogP contribution in [0.3, 0.4) is 0 Å². The SMILES string of the molecule is CNCCC1(CCC=O)CCNCC1(C)C. The molecule has 1 heterocycles. The number of nitrogens with one attached hydrogen (secondary N) is 2. The van der Waals surface area contributed by atoms with Crippen LogP contribution >= 0.6 is 0 Å². The van der Waals surface area contributed by atoms with Crippen LogP contribution in [0, 0.1) is 10.8 Å². The highest BCUT2D eigenvalue weighted by atomic mass is 16.1. The van der Waals surface area contributed by atoms with Crippen molar-refractivity contribution in [2.75, 3.05) is 26.7 Å². The van der Waals surface area contributed by atoms with Gasteiger partial charge in [0.15, 0.2) is 0 Å². The Bertz CT molecular complexity index is 228. The molecule has 1 rings (SSSR count). The Kier molecular flexibility index (Phi) is 4.93. The lowest BCUT2D eigenvalue weighted by Gasteiger charge is -2.51. The summed E-state index contributed by atoms with van der Waals surface area (Å²) in [5, 5.41) is 6.72. The summed E-state index contributed by atoms with van der Waals surface area (Å²) in [4.78, 5) is 10.6. The molecule has 1 saturated heterocycles. The van der Waals surface area contributed by atoms with Crippen molar-refractivity contribution in [1.82, 2.24) is 10.6 Å². The van der Waals surface area contributed by atoms with Crippen molar-refractivity contribution in [3.05, 3.63) is 0 Å². The molecule has 1 unspecified atom stereocenters. The Morgan fingerprint density at radius 2 is 2.12 bits per heavy atom. The molecule has 16 heavy (non-hydrogen) atoms. The molecule has 1 aliphatic heterocycles. The molecule has 0 aromatic heterocycles. The quantitative estimate of drug-likeness (QED) is 0.676. The zero-order valence-corrected chi connectivity index (χ0v) is 10.9. The first-order valence-electron chi connectivity index (χ1n) is 6.37. The maximum absolute atomic E-state index is 10.6. The van der Waals surface area contributed by atoms with Crippen LogP contribution in [0.5, 0.6) is 0 Å². The molecule has 3 heteroatoms. The Balaban J connectivity index is 2.76. The Morgan fingerprint density at radius 1 is 1.38 bits per heavy atom. The molecule has 0 aromatic carbocycles. The van der Waals surface area contributed by atoms with E-state index in [-0.39, 0.29) is 5.41 Å². The molecule has 1 atom stereocenters. The fourth-order valence-electron chi connectivity index (χ4n) is 3.01. The van der Waals surface area contributed by atoms with Gasteiger partial charge in [-0.1, -0.05) is 13.8 Å². The highest BCUT2D eigenvalue weighted by Gasteiger charge is 2.45. The lowest BCUT2D eigenvalue weighted by molar-refractivity contribution is -0.109. The van der Waals surface area contributed by atoms with Crippen molar-refractivity contribution in [2.45, 2.75) is 39.5 Å². The summed E-state index contributed by atoms with van der Waals surface area (Å²) >= 11 is 0. The van der Waals surface area contributed by atoms with Crippen LogP contribution in [0.25, 0.3) is 0 Å². The first-order valence-corrected chi connectivity index (χ1v) is 6.37. The number of rotatable bonds is 6. The summed E-state index contributed by atoms with van der Waals surface area (Å²) in [6.07, 6.45) is 5.17. The van der Waals surface area contributed by atoms with Crippen LogP contribution in [0.4, 0.5) is 0 Å². The molecule has 0 amide bonds. The van der Waals surface area contributed by atoms with E-state index >= 15 is 0 Å². The maximum Gasteiger partial charge on any atom is 0.120 e. The molecule has 0 spiro atoms. The number of hydrogen-bond donors (Lipinski definition) is 2. The fourth-order valence-corrected chi connectivity index (χ4v) is 3.01.